The van der Waals surface area contributed by atoms with Crippen molar-refractivity contribution in [3.8, 4) is 0 Å². The van der Waals surface area contributed by atoms with Gasteiger partial charge in [-0.15, -0.1) is 0 Å². The second-order valence-electron chi connectivity index (χ2n) is 5.04. The van der Waals surface area contributed by atoms with Crippen molar-refractivity contribution in [2.24, 2.45) is 17.6 Å². The molecule has 0 fully saturated rings. The lowest BCUT2D eigenvalue weighted by Gasteiger charge is -2.23. The van der Waals surface area contributed by atoms with E-state index in [1.165, 1.54) is 4.90 Å². The minimum absolute atomic E-state index is 0.0859. The third-order valence-electron chi connectivity index (χ3n) is 2.64. The van der Waals surface area contributed by atoms with Crippen molar-refractivity contribution in [1.29, 1.82) is 0 Å². The second-order valence-corrected chi connectivity index (χ2v) is 5.04. The second kappa shape index (κ2) is 7.27. The largest absolute Gasteiger partial charge is 0.354 e. The Balaban J connectivity index is 4.12. The molecule has 0 radical (unpaired) electrons. The van der Waals surface area contributed by atoms with Gasteiger partial charge in [-0.1, -0.05) is 20.8 Å². The highest BCUT2D eigenvalue weighted by Crippen LogP contribution is 2.04. The molecular weight excluding hydrogens is 218 g/mol. The molecule has 0 saturated carbocycles. The van der Waals surface area contributed by atoms with Crippen LogP contribution in [0.5, 0.6) is 0 Å². The summed E-state index contributed by atoms with van der Waals surface area (Å²) in [6.45, 7) is 8.32. The fourth-order valence-corrected chi connectivity index (χ4v) is 1.24. The fraction of sp³-hybridized carbons (Fsp3) is 0.833. The van der Waals surface area contributed by atoms with Gasteiger partial charge in [0, 0.05) is 19.6 Å². The van der Waals surface area contributed by atoms with Crippen molar-refractivity contribution in [2.75, 3.05) is 20.1 Å². The van der Waals surface area contributed by atoms with Crippen molar-refractivity contribution in [3.05, 3.63) is 0 Å². The van der Waals surface area contributed by atoms with Crippen LogP contribution in [-0.4, -0.2) is 42.9 Å². The Morgan fingerprint density at radius 3 is 2.18 bits per heavy atom. The number of nitrogens with two attached hydrogens (primary N) is 1. The van der Waals surface area contributed by atoms with Gasteiger partial charge >= 0.3 is 0 Å². The summed E-state index contributed by atoms with van der Waals surface area (Å²) in [6, 6.07) is -0.205. The van der Waals surface area contributed by atoms with Crippen LogP contribution in [0.2, 0.25) is 0 Å². The third-order valence-corrected chi connectivity index (χ3v) is 2.64. The van der Waals surface area contributed by atoms with Crippen LogP contribution >= 0.6 is 0 Å². The number of carbonyl (C=O) groups excluding carboxylic acids is 2. The van der Waals surface area contributed by atoms with Crippen LogP contribution in [0.1, 0.15) is 27.7 Å². The van der Waals surface area contributed by atoms with E-state index in [0.717, 1.165) is 0 Å². The molecule has 0 aromatic heterocycles. The average Bonchev–Trinajstić information content (AvgIpc) is 2.23. The minimum atomic E-state index is -0.266. The zero-order valence-electron chi connectivity index (χ0n) is 11.5. The first-order valence-corrected chi connectivity index (χ1v) is 6.03. The van der Waals surface area contributed by atoms with Crippen LogP contribution in [0.15, 0.2) is 0 Å². The fourth-order valence-electron chi connectivity index (χ4n) is 1.24. The molecule has 0 aromatic rings. The van der Waals surface area contributed by atoms with Gasteiger partial charge in [0.1, 0.15) is 0 Å². The summed E-state index contributed by atoms with van der Waals surface area (Å²) >= 11 is 0. The highest BCUT2D eigenvalue weighted by Gasteiger charge is 2.22. The number of hydrogen-bond acceptors (Lipinski definition) is 3. The zero-order chi connectivity index (χ0) is 13.6. The van der Waals surface area contributed by atoms with Crippen LogP contribution in [0, 0.1) is 11.8 Å². The maximum absolute atomic E-state index is 11.8. The minimum Gasteiger partial charge on any atom is -0.354 e. The molecule has 5 heteroatoms. The Morgan fingerprint density at radius 1 is 1.24 bits per heavy atom. The molecule has 5 nitrogen and oxygen atoms in total. The Kier molecular flexibility index (Phi) is 6.80. The molecule has 0 heterocycles. The van der Waals surface area contributed by atoms with E-state index in [1.54, 1.807) is 20.9 Å². The quantitative estimate of drug-likeness (QED) is 0.700. The van der Waals surface area contributed by atoms with Crippen molar-refractivity contribution in [3.63, 3.8) is 0 Å². The number of likely N-dealkylation sites (N-methyl/N-ethyl adjacent to an activating group) is 1. The van der Waals surface area contributed by atoms with E-state index in [1.807, 2.05) is 13.8 Å². The molecular formula is C12H25N3O2. The molecule has 0 bridgehead atoms. The van der Waals surface area contributed by atoms with Gasteiger partial charge in [0.25, 0.3) is 0 Å². The molecule has 0 aliphatic heterocycles. The maximum atomic E-state index is 11.8. The predicted octanol–water partition coefficient (Wildman–Crippen LogP) is 0.200. The van der Waals surface area contributed by atoms with Gasteiger partial charge in [0.2, 0.25) is 11.8 Å². The number of amides is 2. The summed E-state index contributed by atoms with van der Waals surface area (Å²) in [6.07, 6.45) is 0. The van der Waals surface area contributed by atoms with Crippen LogP contribution in [-0.2, 0) is 9.59 Å². The summed E-state index contributed by atoms with van der Waals surface area (Å²) in [7, 11) is 1.62. The Hall–Kier alpha value is -1.10. The maximum Gasteiger partial charge on any atom is 0.239 e. The lowest BCUT2D eigenvalue weighted by atomic mass is 10.0. The van der Waals surface area contributed by atoms with E-state index in [2.05, 4.69) is 5.32 Å². The first kappa shape index (κ1) is 15.9. The molecule has 17 heavy (non-hydrogen) atoms. The molecule has 2 atom stereocenters. The number of rotatable bonds is 6. The lowest BCUT2D eigenvalue weighted by molar-refractivity contribution is -0.138. The highest BCUT2D eigenvalue weighted by atomic mass is 16.2. The smallest absolute Gasteiger partial charge is 0.239 e. The molecule has 100 valence electrons. The number of nitrogens with zero attached hydrogens (tertiary/aromatic N) is 1. The summed E-state index contributed by atoms with van der Waals surface area (Å²) in [5.74, 6) is -0.0908. The number of nitrogens with one attached hydrogen (secondary N) is 1. The molecule has 2 unspecified atom stereocenters. The molecule has 0 saturated heterocycles. The van der Waals surface area contributed by atoms with Crippen LogP contribution in [0.25, 0.3) is 0 Å². The first-order chi connectivity index (χ1) is 7.75. The molecule has 0 aliphatic rings. The first-order valence-electron chi connectivity index (χ1n) is 6.03. The molecule has 0 aliphatic carbocycles. The van der Waals surface area contributed by atoms with Crippen LogP contribution < -0.4 is 11.1 Å². The topological polar surface area (TPSA) is 75.4 Å². The van der Waals surface area contributed by atoms with E-state index < -0.39 is 0 Å². The predicted molar refractivity (Wildman–Crippen MR) is 68.3 cm³/mol. The van der Waals surface area contributed by atoms with E-state index in [0.29, 0.717) is 12.5 Å². The third kappa shape index (κ3) is 6.26. The van der Waals surface area contributed by atoms with Gasteiger partial charge in [-0.2, -0.15) is 0 Å². The van der Waals surface area contributed by atoms with Crippen LogP contribution in [0.4, 0.5) is 0 Å². The van der Waals surface area contributed by atoms with Gasteiger partial charge < -0.3 is 16.0 Å². The molecule has 0 spiro atoms. The van der Waals surface area contributed by atoms with Crippen molar-refractivity contribution in [1.82, 2.24) is 10.2 Å². The standard InChI is InChI=1S/C12H25N3O2/c1-8(2)6-14-11(16)7-15(5)12(17)9(3)10(4)13/h8-10H,6-7,13H2,1-5H3,(H,14,16). The molecule has 3 N–H and O–H groups in total. The Morgan fingerprint density at radius 2 is 1.76 bits per heavy atom. The van der Waals surface area contributed by atoms with E-state index in [4.69, 9.17) is 5.73 Å². The van der Waals surface area contributed by atoms with E-state index in [9.17, 15) is 9.59 Å². The summed E-state index contributed by atoms with van der Waals surface area (Å²) in [4.78, 5) is 24.8. The Labute approximate surface area is 104 Å². The van der Waals surface area contributed by atoms with Gasteiger partial charge in [-0.25, -0.2) is 0 Å². The average molecular weight is 243 g/mol. The van der Waals surface area contributed by atoms with Gasteiger partial charge in [0.05, 0.1) is 12.5 Å². The molecule has 2 amide bonds. The van der Waals surface area contributed by atoms with Crippen molar-refractivity contribution < 1.29 is 9.59 Å². The van der Waals surface area contributed by atoms with E-state index in [-0.39, 0.29) is 30.3 Å². The van der Waals surface area contributed by atoms with Crippen LogP contribution in [0.3, 0.4) is 0 Å². The monoisotopic (exact) mass is 243 g/mol. The van der Waals surface area contributed by atoms with Gasteiger partial charge in [0.15, 0.2) is 0 Å². The molecule has 0 aromatic carbocycles. The summed E-state index contributed by atoms with van der Waals surface area (Å²) < 4.78 is 0. The Bertz CT molecular complexity index is 264. The normalized spacial score (nSPS) is 14.3. The summed E-state index contributed by atoms with van der Waals surface area (Å²) in [5.41, 5.74) is 5.66. The van der Waals surface area contributed by atoms with Gasteiger partial charge in [-0.3, -0.25) is 9.59 Å². The zero-order valence-corrected chi connectivity index (χ0v) is 11.5. The summed E-state index contributed by atoms with van der Waals surface area (Å²) in [5, 5.41) is 2.77. The van der Waals surface area contributed by atoms with Crippen molar-refractivity contribution in [2.45, 2.75) is 33.7 Å². The van der Waals surface area contributed by atoms with E-state index >= 15 is 0 Å². The lowest BCUT2D eigenvalue weighted by Crippen LogP contribution is -2.44. The SMILES string of the molecule is CC(C)CNC(=O)CN(C)C(=O)C(C)C(C)N. The molecule has 0 rings (SSSR count). The highest BCUT2D eigenvalue weighted by molar-refractivity contribution is 5.85. The number of hydrogen-bond donors (Lipinski definition) is 2. The number of carbonyl (C=O) groups is 2. The van der Waals surface area contributed by atoms with Crippen molar-refractivity contribution >= 4 is 11.8 Å². The van der Waals surface area contributed by atoms with Gasteiger partial charge in [-0.05, 0) is 12.8 Å².